The van der Waals surface area contributed by atoms with Gasteiger partial charge in [0, 0.05) is 10.0 Å². The van der Waals surface area contributed by atoms with Crippen LogP contribution in [0.2, 0.25) is 5.02 Å². The fourth-order valence-corrected chi connectivity index (χ4v) is 6.85. The number of halogens is 2. The van der Waals surface area contributed by atoms with E-state index in [9.17, 15) is 9.59 Å². The number of fused-ring (bicyclic) bond motifs is 1. The van der Waals surface area contributed by atoms with E-state index in [-0.39, 0.29) is 12.2 Å². The summed E-state index contributed by atoms with van der Waals surface area (Å²) in [5.41, 5.74) is 2.85. The molecule has 11 heteroatoms. The number of ether oxygens (including phenoxy) is 4. The van der Waals surface area contributed by atoms with Crippen molar-refractivity contribution in [3.63, 3.8) is 0 Å². The molecule has 0 N–H and O–H groups in total. The monoisotopic (exact) mass is 710 g/mol. The van der Waals surface area contributed by atoms with Gasteiger partial charge in [-0.1, -0.05) is 82.5 Å². The molecule has 5 rings (SSSR count). The molecule has 1 aliphatic heterocycles. The highest BCUT2D eigenvalue weighted by molar-refractivity contribution is 9.10. The zero-order valence-corrected chi connectivity index (χ0v) is 28.4. The first-order chi connectivity index (χ1) is 21.8. The molecular weight excluding hydrogens is 680 g/mol. The molecule has 3 aromatic carbocycles. The molecular formula is C34H32BrClN2O6S. The summed E-state index contributed by atoms with van der Waals surface area (Å²) in [5.74, 6) is 0.851. The van der Waals surface area contributed by atoms with Gasteiger partial charge in [-0.05, 0) is 60.9 Å². The number of methoxy groups -OCH3 is 2. The SMILES string of the molecule is CCCC1=C(C(=O)OCC)[C@@H](c2cc(Br)ccc2OC)n2c(s/c(=C/c3cc(Cl)c(OCc4ccccc4)c(OC)c3)c2=O)=N1. The maximum atomic E-state index is 14.2. The summed E-state index contributed by atoms with van der Waals surface area (Å²) in [6.45, 7) is 4.26. The summed E-state index contributed by atoms with van der Waals surface area (Å²) in [4.78, 5) is 33.0. The van der Waals surface area contributed by atoms with Crippen LogP contribution in [0.25, 0.3) is 6.08 Å². The predicted molar refractivity (Wildman–Crippen MR) is 179 cm³/mol. The van der Waals surface area contributed by atoms with Gasteiger partial charge in [0.15, 0.2) is 16.3 Å². The number of hydrogen-bond donors (Lipinski definition) is 0. The number of thiazole rings is 1. The minimum atomic E-state index is -0.816. The van der Waals surface area contributed by atoms with Gasteiger partial charge in [0.1, 0.15) is 18.4 Å². The lowest BCUT2D eigenvalue weighted by Crippen LogP contribution is -2.40. The van der Waals surface area contributed by atoms with E-state index >= 15 is 0 Å². The first-order valence-electron chi connectivity index (χ1n) is 14.4. The second-order valence-electron chi connectivity index (χ2n) is 10.1. The Morgan fingerprint density at radius 3 is 2.51 bits per heavy atom. The van der Waals surface area contributed by atoms with Crippen LogP contribution >= 0.6 is 38.9 Å². The van der Waals surface area contributed by atoms with E-state index in [0.717, 1.165) is 16.5 Å². The molecule has 4 aromatic rings. The van der Waals surface area contributed by atoms with Gasteiger partial charge in [0.25, 0.3) is 5.56 Å². The van der Waals surface area contributed by atoms with Crippen molar-refractivity contribution in [2.24, 2.45) is 4.99 Å². The smallest absolute Gasteiger partial charge is 0.338 e. The third kappa shape index (κ3) is 6.88. The van der Waals surface area contributed by atoms with Crippen LogP contribution < -0.4 is 29.1 Å². The third-order valence-electron chi connectivity index (χ3n) is 7.15. The van der Waals surface area contributed by atoms with Gasteiger partial charge in [-0.3, -0.25) is 9.36 Å². The molecule has 1 aromatic heterocycles. The van der Waals surface area contributed by atoms with E-state index in [0.29, 0.717) is 67.0 Å². The summed E-state index contributed by atoms with van der Waals surface area (Å²) in [7, 11) is 3.09. The van der Waals surface area contributed by atoms with Gasteiger partial charge in [0.05, 0.1) is 41.7 Å². The van der Waals surface area contributed by atoms with Crippen molar-refractivity contribution in [3.05, 3.63) is 118 Å². The first-order valence-corrected chi connectivity index (χ1v) is 16.4. The van der Waals surface area contributed by atoms with Crippen LogP contribution in [-0.4, -0.2) is 31.4 Å². The number of carbonyl (C=O) groups excluding carboxylic acids is 1. The number of nitrogens with zero attached hydrogens (tertiary/aromatic N) is 2. The van der Waals surface area contributed by atoms with E-state index in [2.05, 4.69) is 15.9 Å². The lowest BCUT2D eigenvalue weighted by atomic mass is 9.93. The lowest BCUT2D eigenvalue weighted by molar-refractivity contribution is -0.139. The molecule has 8 nitrogen and oxygen atoms in total. The molecule has 45 heavy (non-hydrogen) atoms. The van der Waals surface area contributed by atoms with Gasteiger partial charge in [0.2, 0.25) is 0 Å². The van der Waals surface area contributed by atoms with Gasteiger partial charge in [-0.25, -0.2) is 9.79 Å². The molecule has 0 fully saturated rings. The van der Waals surface area contributed by atoms with E-state index < -0.39 is 12.0 Å². The fourth-order valence-electron chi connectivity index (χ4n) is 5.18. The molecule has 0 saturated carbocycles. The van der Waals surface area contributed by atoms with Crippen molar-refractivity contribution in [1.82, 2.24) is 4.57 Å². The largest absolute Gasteiger partial charge is 0.496 e. The summed E-state index contributed by atoms with van der Waals surface area (Å²) in [6, 6.07) is 17.9. The summed E-state index contributed by atoms with van der Waals surface area (Å²) < 4.78 is 25.6. The highest BCUT2D eigenvalue weighted by Gasteiger charge is 2.36. The topological polar surface area (TPSA) is 88.4 Å². The fraction of sp³-hybridized carbons (Fsp3) is 0.265. The molecule has 234 valence electrons. The number of allylic oxidation sites excluding steroid dienone is 1. The van der Waals surface area contributed by atoms with E-state index in [4.69, 9.17) is 35.5 Å². The van der Waals surface area contributed by atoms with Gasteiger partial charge < -0.3 is 18.9 Å². The van der Waals surface area contributed by atoms with Crippen molar-refractivity contribution < 1.29 is 23.7 Å². The average Bonchev–Trinajstić information content (AvgIpc) is 3.34. The molecule has 0 bridgehead atoms. The Labute approximate surface area is 278 Å². The molecule has 0 saturated heterocycles. The molecule has 1 aliphatic rings. The first kappa shape index (κ1) is 32.5. The lowest BCUT2D eigenvalue weighted by Gasteiger charge is -2.27. The van der Waals surface area contributed by atoms with Crippen LogP contribution in [0.1, 0.15) is 49.4 Å². The average molecular weight is 712 g/mol. The van der Waals surface area contributed by atoms with Crippen molar-refractivity contribution in [3.8, 4) is 17.2 Å². The molecule has 0 radical (unpaired) electrons. The van der Waals surface area contributed by atoms with Crippen molar-refractivity contribution in [2.45, 2.75) is 39.3 Å². The second kappa shape index (κ2) is 14.5. The van der Waals surface area contributed by atoms with Crippen LogP contribution in [-0.2, 0) is 16.1 Å². The van der Waals surface area contributed by atoms with Crippen LogP contribution in [0.5, 0.6) is 17.2 Å². The van der Waals surface area contributed by atoms with Gasteiger partial charge in [-0.2, -0.15) is 0 Å². The number of rotatable bonds is 11. The number of esters is 1. The van der Waals surface area contributed by atoms with Gasteiger partial charge in [-0.15, -0.1) is 0 Å². The highest BCUT2D eigenvalue weighted by atomic mass is 79.9. The Kier molecular flexibility index (Phi) is 10.5. The minimum Gasteiger partial charge on any atom is -0.496 e. The minimum absolute atomic E-state index is 0.183. The summed E-state index contributed by atoms with van der Waals surface area (Å²) in [6.07, 6.45) is 3.01. The molecule has 0 aliphatic carbocycles. The van der Waals surface area contributed by atoms with Crippen molar-refractivity contribution in [2.75, 3.05) is 20.8 Å². The van der Waals surface area contributed by atoms with Crippen LogP contribution in [0, 0.1) is 0 Å². The maximum absolute atomic E-state index is 14.2. The summed E-state index contributed by atoms with van der Waals surface area (Å²) in [5, 5.41) is 0.343. The van der Waals surface area contributed by atoms with Crippen molar-refractivity contribution in [1.29, 1.82) is 0 Å². The van der Waals surface area contributed by atoms with E-state index in [1.165, 1.54) is 18.4 Å². The molecule has 0 unspecified atom stereocenters. The molecule has 0 spiro atoms. The van der Waals surface area contributed by atoms with Crippen LogP contribution in [0.3, 0.4) is 0 Å². The maximum Gasteiger partial charge on any atom is 0.338 e. The quantitative estimate of drug-likeness (QED) is 0.163. The van der Waals surface area contributed by atoms with Crippen LogP contribution in [0.4, 0.5) is 0 Å². The number of hydrogen-bond acceptors (Lipinski definition) is 8. The predicted octanol–water partition coefficient (Wildman–Crippen LogP) is 6.59. The molecule has 1 atom stereocenters. The second-order valence-corrected chi connectivity index (χ2v) is 12.4. The van der Waals surface area contributed by atoms with Crippen molar-refractivity contribution >= 4 is 50.9 Å². The van der Waals surface area contributed by atoms with E-state index in [1.807, 2.05) is 49.4 Å². The number of carbonyl (C=O) groups is 1. The van der Waals surface area contributed by atoms with Gasteiger partial charge >= 0.3 is 5.97 Å². The number of benzene rings is 3. The normalized spacial score (nSPS) is 14.5. The molecule has 0 amide bonds. The standard InChI is InChI=1S/C34H32BrClN2O6S/c1-5-10-25-29(33(40)43-6-2)30(23-18-22(35)13-14-26(23)41-3)38-32(39)28(45-34(38)37-25)17-21-15-24(36)31(27(16-21)42-4)44-19-20-11-8-7-9-12-20/h7-9,11-18,30H,5-6,10,19H2,1-4H3/b28-17+/t30-/m1/s1. The zero-order chi connectivity index (χ0) is 32.1. The Morgan fingerprint density at radius 2 is 1.82 bits per heavy atom. The van der Waals surface area contributed by atoms with Crippen LogP contribution in [0.15, 0.2) is 86.2 Å². The Hall–Kier alpha value is -3.86. The van der Waals surface area contributed by atoms with E-state index in [1.54, 1.807) is 42.9 Å². The Balaban J connectivity index is 1.66. The Bertz CT molecular complexity index is 1940. The third-order valence-corrected chi connectivity index (χ3v) is 8.91. The molecule has 2 heterocycles. The summed E-state index contributed by atoms with van der Waals surface area (Å²) >= 11 is 11.5. The zero-order valence-electron chi connectivity index (χ0n) is 25.3. The highest BCUT2D eigenvalue weighted by Crippen LogP contribution is 2.39. The Morgan fingerprint density at radius 1 is 1.07 bits per heavy atom. The number of aromatic nitrogens is 1.